The van der Waals surface area contributed by atoms with Gasteiger partial charge < -0.3 is 14.6 Å². The minimum absolute atomic E-state index is 0.147. The summed E-state index contributed by atoms with van der Waals surface area (Å²) < 4.78 is 11.8. The maximum Gasteiger partial charge on any atom is 0.335 e. The fourth-order valence-electron chi connectivity index (χ4n) is 1.82. The highest BCUT2D eigenvalue weighted by Gasteiger charge is 2.15. The van der Waals surface area contributed by atoms with E-state index in [0.717, 1.165) is 5.56 Å². The summed E-state index contributed by atoms with van der Waals surface area (Å²) in [6.07, 6.45) is 0. The molecule has 0 saturated heterocycles. The second kappa shape index (κ2) is 7.13. The van der Waals surface area contributed by atoms with E-state index < -0.39 is 5.97 Å². The molecule has 0 unspecified atom stereocenters. The van der Waals surface area contributed by atoms with E-state index in [1.807, 2.05) is 37.3 Å². The summed E-state index contributed by atoms with van der Waals surface area (Å²) in [5, 5.41) is 9.12. The minimum atomic E-state index is -1.01. The molecule has 0 aliphatic carbocycles. The first-order valence-electron chi connectivity index (χ1n) is 6.48. The summed E-state index contributed by atoms with van der Waals surface area (Å²) in [5.74, 6) is -0.0887. The van der Waals surface area contributed by atoms with Crippen molar-refractivity contribution in [2.75, 3.05) is 6.61 Å². The lowest BCUT2D eigenvalue weighted by Crippen LogP contribution is -2.03. The Balaban J connectivity index is 2.28. The van der Waals surface area contributed by atoms with Gasteiger partial charge in [0.2, 0.25) is 0 Å². The molecule has 0 saturated carbocycles. The van der Waals surface area contributed by atoms with Gasteiger partial charge in [0, 0.05) is 0 Å². The van der Waals surface area contributed by atoms with Crippen LogP contribution in [0.3, 0.4) is 0 Å². The Bertz CT molecular complexity index is 626. The van der Waals surface area contributed by atoms with Crippen LogP contribution in [0.25, 0.3) is 0 Å². The molecular formula is C16H15BrO4. The molecule has 2 rings (SSSR count). The van der Waals surface area contributed by atoms with Crippen LogP contribution in [0.5, 0.6) is 11.5 Å². The fourth-order valence-corrected chi connectivity index (χ4v) is 2.38. The molecule has 4 nitrogen and oxygen atoms in total. The van der Waals surface area contributed by atoms with Crippen molar-refractivity contribution in [1.29, 1.82) is 0 Å². The monoisotopic (exact) mass is 350 g/mol. The molecule has 2 aromatic rings. The van der Waals surface area contributed by atoms with E-state index in [1.165, 1.54) is 12.1 Å². The molecule has 0 bridgehead atoms. The number of rotatable bonds is 6. The smallest absolute Gasteiger partial charge is 0.335 e. The second-order valence-electron chi connectivity index (χ2n) is 4.30. The fraction of sp³-hybridized carbons (Fsp3) is 0.188. The zero-order valence-corrected chi connectivity index (χ0v) is 13.1. The number of ether oxygens (including phenoxy) is 2. The number of carbonyl (C=O) groups is 1. The quantitative estimate of drug-likeness (QED) is 0.850. The molecule has 1 N–H and O–H groups in total. The van der Waals surface area contributed by atoms with Gasteiger partial charge in [-0.05, 0) is 40.5 Å². The van der Waals surface area contributed by atoms with Gasteiger partial charge in [0.15, 0.2) is 11.5 Å². The maximum atomic E-state index is 11.1. The molecule has 0 atom stereocenters. The Morgan fingerprint density at radius 2 is 1.90 bits per heavy atom. The predicted molar refractivity (Wildman–Crippen MR) is 83.0 cm³/mol. The lowest BCUT2D eigenvalue weighted by molar-refractivity contribution is 0.0696. The van der Waals surface area contributed by atoms with E-state index in [0.29, 0.717) is 29.2 Å². The number of benzene rings is 2. The molecule has 0 radical (unpaired) electrons. The number of aromatic carboxylic acids is 1. The molecule has 0 aliphatic heterocycles. The van der Waals surface area contributed by atoms with Crippen LogP contribution in [-0.4, -0.2) is 17.7 Å². The van der Waals surface area contributed by atoms with Gasteiger partial charge >= 0.3 is 5.97 Å². The van der Waals surface area contributed by atoms with E-state index in [4.69, 9.17) is 14.6 Å². The van der Waals surface area contributed by atoms with Crippen molar-refractivity contribution in [3.63, 3.8) is 0 Å². The van der Waals surface area contributed by atoms with Crippen molar-refractivity contribution >= 4 is 21.9 Å². The summed E-state index contributed by atoms with van der Waals surface area (Å²) in [6, 6.07) is 12.6. The van der Waals surface area contributed by atoms with E-state index in [1.54, 1.807) is 0 Å². The minimum Gasteiger partial charge on any atom is -0.489 e. The molecule has 0 heterocycles. The van der Waals surface area contributed by atoms with Crippen LogP contribution >= 0.6 is 15.9 Å². The van der Waals surface area contributed by atoms with E-state index >= 15 is 0 Å². The first-order valence-corrected chi connectivity index (χ1v) is 7.27. The van der Waals surface area contributed by atoms with Crippen LogP contribution in [0.2, 0.25) is 0 Å². The first kappa shape index (κ1) is 15.4. The topological polar surface area (TPSA) is 55.8 Å². The normalized spacial score (nSPS) is 10.2. The summed E-state index contributed by atoms with van der Waals surface area (Å²) in [7, 11) is 0. The standard InChI is InChI=1S/C16H15BrO4/c1-2-20-15-13(17)8-12(16(18)19)9-14(15)21-10-11-6-4-3-5-7-11/h3-9H,2,10H2,1H3,(H,18,19). The van der Waals surface area contributed by atoms with Crippen LogP contribution < -0.4 is 9.47 Å². The van der Waals surface area contributed by atoms with Crippen molar-refractivity contribution in [2.24, 2.45) is 0 Å². The van der Waals surface area contributed by atoms with Gasteiger partial charge in [-0.2, -0.15) is 0 Å². The van der Waals surface area contributed by atoms with Gasteiger partial charge in [-0.25, -0.2) is 4.79 Å². The Kier molecular flexibility index (Phi) is 5.22. The van der Waals surface area contributed by atoms with Crippen LogP contribution in [0.15, 0.2) is 46.9 Å². The zero-order chi connectivity index (χ0) is 15.2. The largest absolute Gasteiger partial charge is 0.489 e. The molecule has 0 aromatic heterocycles. The highest BCUT2D eigenvalue weighted by Crippen LogP contribution is 2.37. The highest BCUT2D eigenvalue weighted by atomic mass is 79.9. The maximum absolute atomic E-state index is 11.1. The van der Waals surface area contributed by atoms with Crippen molar-refractivity contribution in [2.45, 2.75) is 13.5 Å². The molecule has 0 spiro atoms. The average molecular weight is 351 g/mol. The van der Waals surface area contributed by atoms with E-state index in [-0.39, 0.29) is 5.56 Å². The van der Waals surface area contributed by atoms with Crippen LogP contribution in [0.1, 0.15) is 22.8 Å². The van der Waals surface area contributed by atoms with Crippen LogP contribution in [0.4, 0.5) is 0 Å². The molecule has 0 aliphatic rings. The molecule has 0 fully saturated rings. The third-order valence-electron chi connectivity index (χ3n) is 2.78. The predicted octanol–water partition coefficient (Wildman–Crippen LogP) is 4.13. The third-order valence-corrected chi connectivity index (χ3v) is 3.37. The number of halogens is 1. The summed E-state index contributed by atoms with van der Waals surface area (Å²) >= 11 is 3.33. The molecule has 110 valence electrons. The summed E-state index contributed by atoms with van der Waals surface area (Å²) in [4.78, 5) is 11.1. The molecule has 21 heavy (non-hydrogen) atoms. The second-order valence-corrected chi connectivity index (χ2v) is 5.15. The Hall–Kier alpha value is -2.01. The third kappa shape index (κ3) is 3.98. The van der Waals surface area contributed by atoms with Gasteiger partial charge in [0.25, 0.3) is 0 Å². The van der Waals surface area contributed by atoms with Gasteiger partial charge in [-0.1, -0.05) is 30.3 Å². The van der Waals surface area contributed by atoms with Crippen molar-refractivity contribution in [3.05, 3.63) is 58.1 Å². The van der Waals surface area contributed by atoms with E-state index in [9.17, 15) is 4.79 Å². The molecule has 2 aromatic carbocycles. The van der Waals surface area contributed by atoms with Gasteiger partial charge in [0.1, 0.15) is 6.61 Å². The Labute approximate surface area is 131 Å². The molecular weight excluding hydrogens is 336 g/mol. The highest BCUT2D eigenvalue weighted by molar-refractivity contribution is 9.10. The first-order chi connectivity index (χ1) is 10.1. The van der Waals surface area contributed by atoms with Gasteiger partial charge in [0.05, 0.1) is 16.6 Å². The summed E-state index contributed by atoms with van der Waals surface area (Å²) in [5.41, 5.74) is 1.14. The average Bonchev–Trinajstić information content (AvgIpc) is 2.48. The zero-order valence-electron chi connectivity index (χ0n) is 11.5. The van der Waals surface area contributed by atoms with Crippen LogP contribution in [-0.2, 0) is 6.61 Å². The lowest BCUT2D eigenvalue weighted by atomic mass is 10.2. The lowest BCUT2D eigenvalue weighted by Gasteiger charge is -2.14. The number of hydrogen-bond donors (Lipinski definition) is 1. The molecule has 0 amide bonds. The number of carboxylic acid groups (broad SMARTS) is 1. The van der Waals surface area contributed by atoms with Gasteiger partial charge in [-0.3, -0.25) is 0 Å². The van der Waals surface area contributed by atoms with Crippen molar-refractivity contribution in [3.8, 4) is 11.5 Å². The summed E-state index contributed by atoms with van der Waals surface area (Å²) in [6.45, 7) is 2.67. The number of carboxylic acids is 1. The van der Waals surface area contributed by atoms with Crippen molar-refractivity contribution < 1.29 is 19.4 Å². The number of hydrogen-bond acceptors (Lipinski definition) is 3. The Morgan fingerprint density at radius 3 is 2.52 bits per heavy atom. The van der Waals surface area contributed by atoms with Gasteiger partial charge in [-0.15, -0.1) is 0 Å². The van der Waals surface area contributed by atoms with Crippen LogP contribution in [0, 0.1) is 0 Å². The SMILES string of the molecule is CCOc1c(Br)cc(C(=O)O)cc1OCc1ccccc1. The molecule has 5 heteroatoms. The Morgan fingerprint density at radius 1 is 1.19 bits per heavy atom. The van der Waals surface area contributed by atoms with Crippen molar-refractivity contribution in [1.82, 2.24) is 0 Å². The van der Waals surface area contributed by atoms with E-state index in [2.05, 4.69) is 15.9 Å².